The molecule has 1 aromatic rings. The van der Waals surface area contributed by atoms with Crippen LogP contribution < -0.4 is 0 Å². The molecule has 1 saturated carbocycles. The number of nitrogens with zero attached hydrogens (tertiary/aromatic N) is 2. The highest BCUT2D eigenvalue weighted by Gasteiger charge is 2.50. The average molecular weight is 471 g/mol. The Morgan fingerprint density at radius 3 is 2.50 bits per heavy atom. The lowest BCUT2D eigenvalue weighted by Crippen LogP contribution is -2.46. The van der Waals surface area contributed by atoms with Gasteiger partial charge in [0.25, 0.3) is 0 Å². The average Bonchev–Trinajstić information content (AvgIpc) is 3.46. The number of rotatable bonds is 5. The van der Waals surface area contributed by atoms with Gasteiger partial charge in [-0.1, -0.05) is 6.07 Å². The Balaban J connectivity index is 1.20. The van der Waals surface area contributed by atoms with E-state index in [1.165, 1.54) is 0 Å². The lowest BCUT2D eigenvalue weighted by molar-refractivity contribution is -0.136. The minimum atomic E-state index is -0.649. The number of hydrogen-bond donors (Lipinski definition) is 2. The number of benzene rings is 1. The van der Waals surface area contributed by atoms with E-state index in [1.54, 1.807) is 13.0 Å². The number of carbonyl (C=O) groups is 2. The summed E-state index contributed by atoms with van der Waals surface area (Å²) in [7, 11) is 2.05. The van der Waals surface area contributed by atoms with Crippen LogP contribution in [0.25, 0.3) is 0 Å². The van der Waals surface area contributed by atoms with Crippen LogP contribution >= 0.6 is 0 Å². The Bertz CT molecular complexity index is 1040. The molecule has 1 aliphatic carbocycles. The molecule has 34 heavy (non-hydrogen) atoms. The molecule has 3 aliphatic heterocycles. The van der Waals surface area contributed by atoms with E-state index in [-0.39, 0.29) is 30.6 Å². The summed E-state index contributed by atoms with van der Waals surface area (Å²) in [5.41, 5.74) is 4.53. The number of fused-ring (bicyclic) bond motifs is 1. The van der Waals surface area contributed by atoms with Crippen molar-refractivity contribution in [2.24, 2.45) is 5.41 Å². The summed E-state index contributed by atoms with van der Waals surface area (Å²) in [6, 6.07) is 3.93. The molecule has 0 aromatic heterocycles. The van der Waals surface area contributed by atoms with Crippen LogP contribution in [-0.4, -0.2) is 71.0 Å². The Morgan fingerprint density at radius 1 is 1.12 bits per heavy atom. The number of hydrogen-bond acceptors (Lipinski definition) is 8. The van der Waals surface area contributed by atoms with Crippen LogP contribution in [0.15, 0.2) is 23.4 Å². The first-order chi connectivity index (χ1) is 16.2. The molecule has 1 saturated heterocycles. The molecule has 5 rings (SSSR count). The Kier molecular flexibility index (Phi) is 5.94. The maximum absolute atomic E-state index is 11.8. The normalized spacial score (nSPS) is 29.8. The summed E-state index contributed by atoms with van der Waals surface area (Å²) < 4.78 is 10.3. The van der Waals surface area contributed by atoms with E-state index in [0.717, 1.165) is 61.0 Å². The monoisotopic (exact) mass is 470 g/mol. The lowest BCUT2D eigenvalue weighted by Gasteiger charge is -2.43. The zero-order valence-electron chi connectivity index (χ0n) is 20.2. The van der Waals surface area contributed by atoms with Crippen LogP contribution in [0.3, 0.4) is 0 Å². The van der Waals surface area contributed by atoms with Crippen LogP contribution in [-0.2, 0) is 20.9 Å². The molecule has 0 amide bonds. The molecule has 2 N–H and O–H groups in total. The molecule has 1 unspecified atom stereocenters. The van der Waals surface area contributed by atoms with E-state index in [0.29, 0.717) is 23.7 Å². The molecule has 8 nitrogen and oxygen atoms in total. The summed E-state index contributed by atoms with van der Waals surface area (Å²) in [5.74, 6) is -0.580. The molecule has 1 aromatic carbocycles. The number of likely N-dealkylation sites (tertiary alicyclic amines) is 1. The Labute approximate surface area is 200 Å². The molecule has 1 spiro atoms. The summed E-state index contributed by atoms with van der Waals surface area (Å²) in [6.45, 7) is 5.49. The first kappa shape index (κ1) is 23.3. The van der Waals surface area contributed by atoms with Gasteiger partial charge < -0.3 is 29.5 Å². The van der Waals surface area contributed by atoms with Gasteiger partial charge in [-0.2, -0.15) is 0 Å². The highest BCUT2D eigenvalue weighted by atomic mass is 16.5. The molecule has 2 atom stereocenters. The minimum Gasteiger partial charge on any atom is -0.457 e. The highest BCUT2D eigenvalue weighted by molar-refractivity contribution is 5.94. The van der Waals surface area contributed by atoms with Crippen LogP contribution in [0, 0.1) is 12.3 Å². The molecule has 4 aliphatic rings. The van der Waals surface area contributed by atoms with E-state index in [9.17, 15) is 19.8 Å². The fraction of sp³-hybridized carbons (Fsp3) is 0.615. The van der Waals surface area contributed by atoms with E-state index < -0.39 is 12.3 Å². The van der Waals surface area contributed by atoms with Gasteiger partial charge in [-0.3, -0.25) is 0 Å². The van der Waals surface area contributed by atoms with Gasteiger partial charge in [0.1, 0.15) is 19.4 Å². The van der Waals surface area contributed by atoms with Crippen molar-refractivity contribution in [1.29, 1.82) is 0 Å². The van der Waals surface area contributed by atoms with Crippen molar-refractivity contribution in [2.75, 3.05) is 26.7 Å². The van der Waals surface area contributed by atoms with Crippen molar-refractivity contribution < 1.29 is 29.3 Å². The standard InChI is InChI=1S/C26H34N2O6/c1-15-18(4-5-19-20(15)13-33-24(19)31)22(29)12-27(3)17-6-8-26(9-7-17)10-11-28(25(26)32)21-14-34-23(30)16(21)2/h4-5,17,22,25,29,32H,6-14H2,1-3H3/t17?,22-,25?,26?/m0/s1. The second-order valence-electron chi connectivity index (χ2n) is 10.4. The first-order valence-electron chi connectivity index (χ1n) is 12.2. The fourth-order valence-electron chi connectivity index (χ4n) is 6.35. The third-order valence-corrected chi connectivity index (χ3v) is 8.72. The van der Waals surface area contributed by atoms with Gasteiger partial charge in [-0.25, -0.2) is 9.59 Å². The number of likely N-dealkylation sites (N-methyl/N-ethyl adjacent to an activating group) is 1. The molecule has 184 valence electrons. The predicted molar refractivity (Wildman–Crippen MR) is 124 cm³/mol. The second kappa shape index (κ2) is 8.66. The van der Waals surface area contributed by atoms with Crippen LogP contribution in [0.2, 0.25) is 0 Å². The van der Waals surface area contributed by atoms with Gasteiger partial charge in [0, 0.05) is 30.1 Å². The topological polar surface area (TPSA) is 99.5 Å². The van der Waals surface area contributed by atoms with Gasteiger partial charge in [0.05, 0.1) is 22.9 Å². The van der Waals surface area contributed by atoms with E-state index in [4.69, 9.17) is 9.47 Å². The number of aliphatic hydroxyl groups excluding tert-OH is 2. The van der Waals surface area contributed by atoms with Crippen molar-refractivity contribution >= 4 is 11.9 Å². The number of aliphatic hydroxyl groups is 2. The van der Waals surface area contributed by atoms with E-state index >= 15 is 0 Å². The van der Waals surface area contributed by atoms with Gasteiger partial charge in [0.2, 0.25) is 0 Å². The van der Waals surface area contributed by atoms with Crippen LogP contribution in [0.5, 0.6) is 0 Å². The van der Waals surface area contributed by atoms with E-state index in [1.807, 2.05) is 24.9 Å². The quantitative estimate of drug-likeness (QED) is 0.633. The maximum atomic E-state index is 11.8. The first-order valence-corrected chi connectivity index (χ1v) is 12.2. The molecular formula is C26H34N2O6. The van der Waals surface area contributed by atoms with Crippen LogP contribution in [0.1, 0.15) is 72.2 Å². The zero-order chi connectivity index (χ0) is 24.2. The second-order valence-corrected chi connectivity index (χ2v) is 10.4. The van der Waals surface area contributed by atoms with Gasteiger partial charge in [0.15, 0.2) is 0 Å². The smallest absolute Gasteiger partial charge is 0.338 e. The summed E-state index contributed by atoms with van der Waals surface area (Å²) in [5, 5.41) is 22.2. The van der Waals surface area contributed by atoms with Crippen molar-refractivity contribution in [3.8, 4) is 0 Å². The van der Waals surface area contributed by atoms with Gasteiger partial charge >= 0.3 is 11.9 Å². The van der Waals surface area contributed by atoms with Gasteiger partial charge in [-0.15, -0.1) is 0 Å². The van der Waals surface area contributed by atoms with E-state index in [2.05, 4.69) is 4.90 Å². The maximum Gasteiger partial charge on any atom is 0.338 e. The van der Waals surface area contributed by atoms with Crippen molar-refractivity contribution in [3.63, 3.8) is 0 Å². The molecule has 0 bridgehead atoms. The number of esters is 2. The zero-order valence-corrected chi connectivity index (χ0v) is 20.2. The number of ether oxygens (including phenoxy) is 2. The van der Waals surface area contributed by atoms with Crippen LogP contribution in [0.4, 0.5) is 0 Å². The van der Waals surface area contributed by atoms with Crippen molar-refractivity contribution in [1.82, 2.24) is 9.80 Å². The highest BCUT2D eigenvalue weighted by Crippen LogP contribution is 2.49. The fourth-order valence-corrected chi connectivity index (χ4v) is 6.35. The lowest BCUT2D eigenvalue weighted by atomic mass is 9.70. The Morgan fingerprint density at radius 2 is 1.82 bits per heavy atom. The van der Waals surface area contributed by atoms with Gasteiger partial charge in [-0.05, 0) is 70.2 Å². The third kappa shape index (κ3) is 3.72. The largest absolute Gasteiger partial charge is 0.457 e. The summed E-state index contributed by atoms with van der Waals surface area (Å²) in [6.07, 6.45) is 3.39. The third-order valence-electron chi connectivity index (χ3n) is 8.72. The SMILES string of the molecule is CC1=C(N2CCC3(CCC(N(C)C[C@H](O)c4ccc5c(c4C)COC5=O)CC3)C2O)COC1=O. The minimum absolute atomic E-state index is 0.155. The van der Waals surface area contributed by atoms with Crippen molar-refractivity contribution in [2.45, 2.75) is 70.9 Å². The summed E-state index contributed by atoms with van der Waals surface area (Å²) >= 11 is 0. The number of cyclic esters (lactones) is 2. The molecular weight excluding hydrogens is 436 g/mol. The molecule has 3 heterocycles. The molecule has 2 fully saturated rings. The summed E-state index contributed by atoms with van der Waals surface area (Å²) in [4.78, 5) is 27.8. The molecule has 0 radical (unpaired) electrons. The number of carbonyl (C=O) groups excluding carboxylic acids is 2. The Hall–Kier alpha value is -2.42. The predicted octanol–water partition coefficient (Wildman–Crippen LogP) is 2.41. The van der Waals surface area contributed by atoms with Crippen molar-refractivity contribution in [3.05, 3.63) is 45.7 Å². The molecule has 8 heteroatoms.